The zero-order chi connectivity index (χ0) is 20.7. The third kappa shape index (κ3) is 5.81. The lowest BCUT2D eigenvalue weighted by atomic mass is 9.89. The fourth-order valence-corrected chi connectivity index (χ4v) is 3.51. The number of aromatic nitrogens is 3. The van der Waals surface area contributed by atoms with E-state index >= 15 is 0 Å². The average molecular weight is 385 g/mol. The molecule has 2 heterocycles. The smallest absolute Gasteiger partial charge is 0.191 e. The van der Waals surface area contributed by atoms with Crippen LogP contribution >= 0.6 is 0 Å². The first-order valence-corrected chi connectivity index (χ1v) is 10.3. The molecule has 0 aliphatic rings. The summed E-state index contributed by atoms with van der Waals surface area (Å²) in [5.74, 6) is 1.71. The van der Waals surface area contributed by atoms with Crippen LogP contribution < -0.4 is 10.6 Å². The van der Waals surface area contributed by atoms with Crippen molar-refractivity contribution in [3.8, 4) is 0 Å². The van der Waals surface area contributed by atoms with Crippen LogP contribution in [0.4, 0.5) is 0 Å². The van der Waals surface area contributed by atoms with Crippen LogP contribution in [0.1, 0.15) is 56.1 Å². The highest BCUT2D eigenvalue weighted by Crippen LogP contribution is 2.24. The number of nitrogens with zero attached hydrogens (tertiary/aromatic N) is 4. The van der Waals surface area contributed by atoms with Gasteiger partial charge in [0.1, 0.15) is 0 Å². The summed E-state index contributed by atoms with van der Waals surface area (Å²) in [4.78, 5) is 9.17. The van der Waals surface area contributed by atoms with Crippen LogP contribution in [0.15, 0.2) is 29.5 Å². The minimum absolute atomic E-state index is 0.260. The highest BCUT2D eigenvalue weighted by Gasteiger charge is 2.17. The maximum absolute atomic E-state index is 4.89. The summed E-state index contributed by atoms with van der Waals surface area (Å²) < 4.78 is 1.96. The minimum Gasteiger partial charge on any atom is -0.357 e. The van der Waals surface area contributed by atoms with Crippen molar-refractivity contribution < 1.29 is 0 Å². The van der Waals surface area contributed by atoms with Crippen molar-refractivity contribution in [2.75, 3.05) is 13.1 Å². The lowest BCUT2D eigenvalue weighted by molar-refractivity contribution is 0.503. The first kappa shape index (κ1) is 21.9. The summed E-state index contributed by atoms with van der Waals surface area (Å²) in [6.07, 6.45) is 4.70. The van der Waals surface area contributed by atoms with Gasteiger partial charge in [-0.3, -0.25) is 14.7 Å². The lowest BCUT2D eigenvalue weighted by Gasteiger charge is -2.22. The second-order valence-electron chi connectivity index (χ2n) is 7.88. The number of guanidine groups is 1. The molecule has 2 atom stereocenters. The fraction of sp³-hybridized carbons (Fsp3) is 0.591. The van der Waals surface area contributed by atoms with E-state index in [4.69, 9.17) is 4.99 Å². The van der Waals surface area contributed by atoms with E-state index in [1.54, 1.807) is 0 Å². The number of nitrogens with one attached hydrogen (secondary N) is 2. The summed E-state index contributed by atoms with van der Waals surface area (Å²) in [6.45, 7) is 14.5. The predicted octanol–water partition coefficient (Wildman–Crippen LogP) is 3.36. The lowest BCUT2D eigenvalue weighted by Crippen LogP contribution is -2.43. The Hall–Kier alpha value is -2.37. The molecular formula is C22H36N6. The molecule has 0 radical (unpaired) electrons. The van der Waals surface area contributed by atoms with Crippen LogP contribution in [-0.2, 0) is 13.5 Å². The third-order valence-electron chi connectivity index (χ3n) is 5.26. The normalized spacial score (nSPS) is 14.2. The molecule has 0 saturated carbocycles. The molecule has 2 unspecified atom stereocenters. The van der Waals surface area contributed by atoms with Gasteiger partial charge in [0.05, 0.1) is 5.69 Å². The van der Waals surface area contributed by atoms with Gasteiger partial charge < -0.3 is 10.6 Å². The van der Waals surface area contributed by atoms with Gasteiger partial charge in [-0.05, 0) is 57.2 Å². The number of hydrogen-bond donors (Lipinski definition) is 2. The van der Waals surface area contributed by atoms with Gasteiger partial charge in [0.25, 0.3) is 0 Å². The Morgan fingerprint density at radius 3 is 2.54 bits per heavy atom. The second-order valence-corrected chi connectivity index (χ2v) is 7.88. The molecule has 2 rings (SSSR count). The summed E-state index contributed by atoms with van der Waals surface area (Å²) >= 11 is 0. The molecule has 0 spiro atoms. The van der Waals surface area contributed by atoms with E-state index in [9.17, 15) is 0 Å². The van der Waals surface area contributed by atoms with Crippen molar-refractivity contribution in [3.05, 3.63) is 47.0 Å². The van der Waals surface area contributed by atoms with E-state index in [1.807, 2.05) is 30.2 Å². The van der Waals surface area contributed by atoms with Crippen LogP contribution in [0.2, 0.25) is 0 Å². The second kappa shape index (κ2) is 10.2. The standard InChI is InChI=1S/C22H36N6/c1-8-24-22(25-14-21(15(2)3)19-10-9-11-23-13-19)26-16(4)12-20-17(5)27-28(7)18(20)6/h9-11,13,15-16,21H,8,12,14H2,1-7H3,(H2,24,25,26). The van der Waals surface area contributed by atoms with Crippen molar-refractivity contribution in [2.45, 2.75) is 59.9 Å². The SMILES string of the molecule is CCNC(=NCC(c1cccnc1)C(C)C)NC(C)Cc1c(C)nn(C)c1C. The van der Waals surface area contributed by atoms with Gasteiger partial charge in [-0.1, -0.05) is 19.9 Å². The van der Waals surface area contributed by atoms with Crippen molar-refractivity contribution in [1.29, 1.82) is 0 Å². The van der Waals surface area contributed by atoms with Crippen LogP contribution in [-0.4, -0.2) is 39.9 Å². The number of pyridine rings is 1. The molecular weight excluding hydrogens is 348 g/mol. The van der Waals surface area contributed by atoms with Crippen molar-refractivity contribution in [2.24, 2.45) is 18.0 Å². The van der Waals surface area contributed by atoms with E-state index in [2.05, 4.69) is 68.3 Å². The Kier molecular flexibility index (Phi) is 8.03. The molecule has 0 bridgehead atoms. The zero-order valence-corrected chi connectivity index (χ0v) is 18.5. The van der Waals surface area contributed by atoms with Gasteiger partial charge in [0.15, 0.2) is 5.96 Å². The molecule has 28 heavy (non-hydrogen) atoms. The van der Waals surface area contributed by atoms with Crippen molar-refractivity contribution in [1.82, 2.24) is 25.4 Å². The third-order valence-corrected chi connectivity index (χ3v) is 5.26. The Balaban J connectivity index is 2.08. The molecule has 0 aliphatic carbocycles. The summed E-state index contributed by atoms with van der Waals surface area (Å²) in [7, 11) is 2.00. The van der Waals surface area contributed by atoms with E-state index in [0.717, 1.165) is 31.2 Å². The Bertz CT molecular complexity index is 763. The fourth-order valence-electron chi connectivity index (χ4n) is 3.51. The topological polar surface area (TPSA) is 67.1 Å². The Morgan fingerprint density at radius 2 is 2.00 bits per heavy atom. The van der Waals surface area contributed by atoms with E-state index in [-0.39, 0.29) is 6.04 Å². The number of rotatable bonds is 8. The molecule has 0 aliphatic heterocycles. The minimum atomic E-state index is 0.260. The van der Waals surface area contributed by atoms with Crippen LogP contribution in [0.25, 0.3) is 0 Å². The molecule has 6 nitrogen and oxygen atoms in total. The maximum Gasteiger partial charge on any atom is 0.191 e. The highest BCUT2D eigenvalue weighted by molar-refractivity contribution is 5.80. The van der Waals surface area contributed by atoms with Crippen molar-refractivity contribution in [3.63, 3.8) is 0 Å². The number of hydrogen-bond acceptors (Lipinski definition) is 3. The van der Waals surface area contributed by atoms with E-state index in [1.165, 1.54) is 16.8 Å². The monoisotopic (exact) mass is 384 g/mol. The molecule has 2 N–H and O–H groups in total. The van der Waals surface area contributed by atoms with Gasteiger partial charge in [-0.15, -0.1) is 0 Å². The Labute approximate surface area is 169 Å². The molecule has 0 fully saturated rings. The van der Waals surface area contributed by atoms with E-state index in [0.29, 0.717) is 11.8 Å². The van der Waals surface area contributed by atoms with Gasteiger partial charge in [-0.25, -0.2) is 0 Å². The van der Waals surface area contributed by atoms with Gasteiger partial charge >= 0.3 is 0 Å². The summed E-state index contributed by atoms with van der Waals surface area (Å²) in [6, 6.07) is 4.40. The van der Waals surface area contributed by atoms with Crippen LogP contribution in [0.3, 0.4) is 0 Å². The molecule has 2 aromatic rings. The van der Waals surface area contributed by atoms with Gasteiger partial charge in [0.2, 0.25) is 0 Å². The largest absolute Gasteiger partial charge is 0.357 e. The van der Waals surface area contributed by atoms with Crippen LogP contribution in [0.5, 0.6) is 0 Å². The zero-order valence-electron chi connectivity index (χ0n) is 18.5. The molecule has 154 valence electrons. The highest BCUT2D eigenvalue weighted by atomic mass is 15.3. The summed E-state index contributed by atoms with van der Waals surface area (Å²) in [5, 5.41) is 11.5. The average Bonchev–Trinajstić information content (AvgIpc) is 2.88. The molecule has 2 aromatic heterocycles. The number of aryl methyl sites for hydroxylation is 2. The molecule has 0 saturated heterocycles. The summed E-state index contributed by atoms with van der Waals surface area (Å²) in [5.41, 5.74) is 4.89. The van der Waals surface area contributed by atoms with Crippen molar-refractivity contribution >= 4 is 5.96 Å². The molecule has 0 amide bonds. The maximum atomic E-state index is 4.89. The molecule has 6 heteroatoms. The first-order valence-electron chi connectivity index (χ1n) is 10.3. The van der Waals surface area contributed by atoms with Gasteiger partial charge in [0, 0.05) is 50.2 Å². The molecule has 0 aromatic carbocycles. The first-order chi connectivity index (χ1) is 13.3. The van der Waals surface area contributed by atoms with Crippen LogP contribution in [0, 0.1) is 19.8 Å². The quantitative estimate of drug-likeness (QED) is 0.541. The Morgan fingerprint density at radius 1 is 1.25 bits per heavy atom. The van der Waals surface area contributed by atoms with E-state index < -0.39 is 0 Å². The number of aliphatic imine (C=N–C) groups is 1. The predicted molar refractivity (Wildman–Crippen MR) is 117 cm³/mol. The van der Waals surface area contributed by atoms with Gasteiger partial charge in [-0.2, -0.15) is 5.10 Å².